The first-order valence-corrected chi connectivity index (χ1v) is 10.2. The molecule has 0 unspecified atom stereocenters. The van der Waals surface area contributed by atoms with E-state index in [1.165, 1.54) is 83.1 Å². The van der Waals surface area contributed by atoms with Crippen LogP contribution in [0.3, 0.4) is 0 Å². The van der Waals surface area contributed by atoms with Crippen molar-refractivity contribution in [2.75, 3.05) is 0 Å². The third-order valence-electron chi connectivity index (χ3n) is 4.86. The Bertz CT molecular complexity index is 482. The second kappa shape index (κ2) is 13.7. The van der Waals surface area contributed by atoms with Crippen molar-refractivity contribution in [1.82, 2.24) is 0 Å². The smallest absolute Gasteiger partial charge is 0.339 e. The van der Waals surface area contributed by atoms with Gasteiger partial charge in [-0.3, -0.25) is 0 Å². The number of unbranched alkanes of at least 4 members (excludes halogenated alkanes) is 12. The van der Waals surface area contributed by atoms with E-state index in [-0.39, 0.29) is 11.3 Å². The molecule has 0 aliphatic heterocycles. The van der Waals surface area contributed by atoms with Gasteiger partial charge in [0.2, 0.25) is 0 Å². The molecule has 2 N–H and O–H groups in total. The Morgan fingerprint density at radius 2 is 1.28 bits per heavy atom. The van der Waals surface area contributed by atoms with E-state index in [4.69, 9.17) is 5.11 Å². The van der Waals surface area contributed by atoms with Crippen LogP contribution in [0.2, 0.25) is 0 Å². The van der Waals surface area contributed by atoms with Crippen LogP contribution in [0.1, 0.15) is 106 Å². The Balaban J connectivity index is 1.97. The topological polar surface area (TPSA) is 57.5 Å². The summed E-state index contributed by atoms with van der Waals surface area (Å²) in [6.45, 7) is 2.26. The van der Waals surface area contributed by atoms with E-state index in [9.17, 15) is 9.90 Å². The highest BCUT2D eigenvalue weighted by Gasteiger charge is 2.09. The van der Waals surface area contributed by atoms with E-state index in [1.807, 2.05) is 6.07 Å². The average Bonchev–Trinajstić information content (AvgIpc) is 2.60. The van der Waals surface area contributed by atoms with Gasteiger partial charge in [0.1, 0.15) is 11.3 Å². The molecule has 0 spiro atoms. The lowest BCUT2D eigenvalue weighted by Gasteiger charge is -2.05. The first-order chi connectivity index (χ1) is 12.1. The zero-order valence-corrected chi connectivity index (χ0v) is 15.9. The molecule has 0 aliphatic rings. The molecule has 142 valence electrons. The van der Waals surface area contributed by atoms with Gasteiger partial charge in [0.05, 0.1) is 0 Å². The summed E-state index contributed by atoms with van der Waals surface area (Å²) in [5.41, 5.74) is 1.01. The van der Waals surface area contributed by atoms with Gasteiger partial charge in [-0.15, -0.1) is 0 Å². The summed E-state index contributed by atoms with van der Waals surface area (Å²) in [6, 6.07) is 4.90. The highest BCUT2D eigenvalue weighted by atomic mass is 16.4. The molecule has 0 amide bonds. The van der Waals surface area contributed by atoms with Crippen LogP contribution in [-0.2, 0) is 6.42 Å². The van der Waals surface area contributed by atoms with Crippen molar-refractivity contribution in [3.05, 3.63) is 29.3 Å². The van der Waals surface area contributed by atoms with Crippen molar-refractivity contribution in [3.63, 3.8) is 0 Å². The molecule has 1 aromatic rings. The molecule has 25 heavy (non-hydrogen) atoms. The largest absolute Gasteiger partial charge is 0.507 e. The van der Waals surface area contributed by atoms with E-state index in [2.05, 4.69) is 6.92 Å². The number of aromatic hydroxyl groups is 1. The van der Waals surface area contributed by atoms with Crippen molar-refractivity contribution in [2.45, 2.75) is 96.8 Å². The second-order valence-electron chi connectivity index (χ2n) is 7.15. The van der Waals surface area contributed by atoms with Crippen LogP contribution in [0.5, 0.6) is 5.75 Å². The normalized spacial score (nSPS) is 10.9. The number of hydrogen-bond donors (Lipinski definition) is 2. The third-order valence-corrected chi connectivity index (χ3v) is 4.86. The molecule has 0 saturated carbocycles. The van der Waals surface area contributed by atoms with Crippen LogP contribution in [0.4, 0.5) is 0 Å². The standard InChI is InChI=1S/C22H36O3/c1-2-3-4-5-6-7-8-9-10-11-12-13-14-15-19-16-17-21(23)20(18-19)22(24)25/h16-18,23H,2-15H2,1H3,(H,24,25). The number of carboxylic acid groups (broad SMARTS) is 1. The molecular weight excluding hydrogens is 312 g/mol. The number of hydrogen-bond acceptors (Lipinski definition) is 2. The fraction of sp³-hybridized carbons (Fsp3) is 0.682. The van der Waals surface area contributed by atoms with Crippen LogP contribution in [0.15, 0.2) is 18.2 Å². The summed E-state index contributed by atoms with van der Waals surface area (Å²) in [7, 11) is 0. The molecule has 0 aromatic heterocycles. The molecule has 1 aromatic carbocycles. The minimum Gasteiger partial charge on any atom is -0.507 e. The summed E-state index contributed by atoms with van der Waals surface area (Å²) in [6.07, 6.45) is 18.2. The van der Waals surface area contributed by atoms with Gasteiger partial charge in [0.25, 0.3) is 0 Å². The molecule has 0 bridgehead atoms. The van der Waals surface area contributed by atoms with Gasteiger partial charge in [-0.2, -0.15) is 0 Å². The van der Waals surface area contributed by atoms with Gasteiger partial charge >= 0.3 is 5.97 Å². The van der Waals surface area contributed by atoms with E-state index in [0.717, 1.165) is 18.4 Å². The third kappa shape index (κ3) is 10.2. The lowest BCUT2D eigenvalue weighted by atomic mass is 10.0. The monoisotopic (exact) mass is 348 g/mol. The van der Waals surface area contributed by atoms with Crippen LogP contribution in [-0.4, -0.2) is 16.2 Å². The van der Waals surface area contributed by atoms with Crippen LogP contribution in [0, 0.1) is 0 Å². The predicted octanol–water partition coefficient (Wildman–Crippen LogP) is 6.72. The minimum absolute atomic E-state index is 0.00666. The molecule has 3 heteroatoms. The Morgan fingerprint density at radius 1 is 0.800 bits per heavy atom. The van der Waals surface area contributed by atoms with Gasteiger partial charge in [0.15, 0.2) is 0 Å². The summed E-state index contributed by atoms with van der Waals surface area (Å²) in [5.74, 6) is -1.22. The summed E-state index contributed by atoms with van der Waals surface area (Å²) in [4.78, 5) is 11.0. The second-order valence-corrected chi connectivity index (χ2v) is 7.15. The molecule has 0 fully saturated rings. The van der Waals surface area contributed by atoms with Crippen molar-refractivity contribution in [3.8, 4) is 5.75 Å². The quantitative estimate of drug-likeness (QED) is 0.346. The van der Waals surface area contributed by atoms with Crippen molar-refractivity contribution >= 4 is 5.97 Å². The predicted molar refractivity (Wildman–Crippen MR) is 104 cm³/mol. The maximum absolute atomic E-state index is 11.0. The molecule has 0 heterocycles. The van der Waals surface area contributed by atoms with E-state index < -0.39 is 5.97 Å². The maximum Gasteiger partial charge on any atom is 0.339 e. The Morgan fingerprint density at radius 3 is 1.76 bits per heavy atom. The Labute approximate surface area is 153 Å². The number of rotatable bonds is 15. The molecule has 0 saturated heterocycles. The Kier molecular flexibility index (Phi) is 11.8. The number of carboxylic acids is 1. The average molecular weight is 349 g/mol. The zero-order valence-electron chi connectivity index (χ0n) is 15.9. The Hall–Kier alpha value is -1.51. The van der Waals surface area contributed by atoms with Crippen molar-refractivity contribution < 1.29 is 15.0 Å². The first kappa shape index (κ1) is 21.5. The fourth-order valence-corrected chi connectivity index (χ4v) is 3.26. The zero-order chi connectivity index (χ0) is 18.3. The van der Waals surface area contributed by atoms with Crippen molar-refractivity contribution in [2.24, 2.45) is 0 Å². The van der Waals surface area contributed by atoms with Gasteiger partial charge < -0.3 is 10.2 Å². The summed E-state index contributed by atoms with van der Waals surface area (Å²) >= 11 is 0. The van der Waals surface area contributed by atoms with E-state index in [0.29, 0.717) is 0 Å². The van der Waals surface area contributed by atoms with Crippen LogP contribution in [0.25, 0.3) is 0 Å². The van der Waals surface area contributed by atoms with Gasteiger partial charge in [0, 0.05) is 0 Å². The number of benzene rings is 1. The molecule has 0 atom stereocenters. The number of phenols is 1. The van der Waals surface area contributed by atoms with Gasteiger partial charge in [-0.05, 0) is 30.5 Å². The van der Waals surface area contributed by atoms with Crippen molar-refractivity contribution in [1.29, 1.82) is 0 Å². The first-order valence-electron chi connectivity index (χ1n) is 10.2. The van der Waals surface area contributed by atoms with Crippen LogP contribution >= 0.6 is 0 Å². The highest BCUT2D eigenvalue weighted by molar-refractivity contribution is 5.90. The molecular formula is C22H36O3. The van der Waals surface area contributed by atoms with Crippen LogP contribution < -0.4 is 0 Å². The highest BCUT2D eigenvalue weighted by Crippen LogP contribution is 2.20. The number of aryl methyl sites for hydroxylation is 1. The molecule has 1 rings (SSSR count). The maximum atomic E-state index is 11.0. The molecule has 0 aliphatic carbocycles. The lowest BCUT2D eigenvalue weighted by molar-refractivity contribution is 0.0693. The fourth-order valence-electron chi connectivity index (χ4n) is 3.26. The number of aromatic carboxylic acids is 1. The summed E-state index contributed by atoms with van der Waals surface area (Å²) < 4.78 is 0. The van der Waals surface area contributed by atoms with E-state index >= 15 is 0 Å². The summed E-state index contributed by atoms with van der Waals surface area (Å²) in [5, 5.41) is 18.5. The minimum atomic E-state index is -1.07. The van der Waals surface area contributed by atoms with Gasteiger partial charge in [-0.1, -0.05) is 90.0 Å². The molecule has 0 radical (unpaired) electrons. The molecule has 3 nitrogen and oxygen atoms in total. The number of carbonyl (C=O) groups is 1. The SMILES string of the molecule is CCCCCCCCCCCCCCCc1ccc(O)c(C(=O)O)c1. The van der Waals surface area contributed by atoms with E-state index in [1.54, 1.807) is 6.07 Å². The van der Waals surface area contributed by atoms with Gasteiger partial charge in [-0.25, -0.2) is 4.79 Å². The lowest BCUT2D eigenvalue weighted by Crippen LogP contribution is -1.98.